The second kappa shape index (κ2) is 9.41. The zero-order chi connectivity index (χ0) is 22.8. The number of aromatic nitrogens is 3. The number of hydrogen-bond donors (Lipinski definition) is 2. The summed E-state index contributed by atoms with van der Waals surface area (Å²) in [5.41, 5.74) is 6.00. The number of rotatable bonds is 6. The van der Waals surface area contributed by atoms with Gasteiger partial charge in [-0.2, -0.15) is 5.10 Å². The molecule has 0 amide bonds. The lowest BCUT2D eigenvalue weighted by atomic mass is 9.90. The van der Waals surface area contributed by atoms with E-state index in [0.29, 0.717) is 12.0 Å². The van der Waals surface area contributed by atoms with Crippen LogP contribution < -0.4 is 10.6 Å². The Morgan fingerprint density at radius 3 is 2.42 bits per heavy atom. The molecule has 1 aromatic carbocycles. The van der Waals surface area contributed by atoms with Crippen LogP contribution in [0.2, 0.25) is 0 Å². The predicted octanol–water partition coefficient (Wildman–Crippen LogP) is 5.24. The zero-order valence-electron chi connectivity index (χ0n) is 19.1. The second-order valence-corrected chi connectivity index (χ2v) is 9.02. The smallest absolute Gasteiger partial charge is 0.123 e. The van der Waals surface area contributed by atoms with Gasteiger partial charge in [-0.05, 0) is 99.3 Å². The highest BCUT2D eigenvalue weighted by molar-refractivity contribution is 5.92. The molecule has 3 aromatic heterocycles. The maximum absolute atomic E-state index is 13.6. The minimum Gasteiger partial charge on any atom is -0.317 e. The van der Waals surface area contributed by atoms with Crippen LogP contribution in [0.1, 0.15) is 38.3 Å². The van der Waals surface area contributed by atoms with Crippen LogP contribution in [0.15, 0.2) is 67.1 Å². The quantitative estimate of drug-likeness (QED) is 0.428. The molecule has 0 unspecified atom stereocenters. The van der Waals surface area contributed by atoms with E-state index >= 15 is 0 Å². The van der Waals surface area contributed by atoms with Crippen LogP contribution in [-0.2, 0) is 0 Å². The third-order valence-corrected chi connectivity index (χ3v) is 6.84. The van der Waals surface area contributed by atoms with Crippen molar-refractivity contribution in [3.05, 3.63) is 78.5 Å². The summed E-state index contributed by atoms with van der Waals surface area (Å²) in [6.45, 7) is 6.72. The Morgan fingerprint density at radius 2 is 1.70 bits per heavy atom. The minimum absolute atomic E-state index is 0.210. The molecule has 4 aromatic rings. The van der Waals surface area contributed by atoms with Gasteiger partial charge < -0.3 is 10.6 Å². The molecule has 4 heterocycles. The molecule has 0 aliphatic carbocycles. The standard InChI is InChI=1S/C27H30FN5/c1-18(20-9-13-29-14-10-20)31-19(2)23-5-8-25-26(21-11-15-30-16-12-21)27(32-33(25)17-23)22-3-6-24(28)7-4-22/h3-8,11-12,15-20,29,31H,9-10,13-14H2,1-2H3/t18-,19+/m0/s1. The van der Waals surface area contributed by atoms with Gasteiger partial charge in [-0.1, -0.05) is 6.07 Å². The second-order valence-electron chi connectivity index (χ2n) is 9.02. The van der Waals surface area contributed by atoms with E-state index < -0.39 is 0 Å². The summed E-state index contributed by atoms with van der Waals surface area (Å²) < 4.78 is 15.5. The highest BCUT2D eigenvalue weighted by Gasteiger charge is 2.22. The average molecular weight is 444 g/mol. The van der Waals surface area contributed by atoms with Crippen LogP contribution in [0.25, 0.3) is 27.9 Å². The van der Waals surface area contributed by atoms with Crippen LogP contribution in [0.4, 0.5) is 4.39 Å². The number of hydrogen-bond acceptors (Lipinski definition) is 4. The molecular weight excluding hydrogens is 413 g/mol. The molecule has 0 radical (unpaired) electrons. The molecule has 1 aliphatic rings. The number of nitrogens with zero attached hydrogens (tertiary/aromatic N) is 3. The minimum atomic E-state index is -0.252. The Morgan fingerprint density at radius 1 is 0.970 bits per heavy atom. The van der Waals surface area contributed by atoms with Gasteiger partial charge in [0.25, 0.3) is 0 Å². The first-order chi connectivity index (χ1) is 16.1. The molecule has 5 rings (SSSR count). The van der Waals surface area contributed by atoms with Gasteiger partial charge in [0.15, 0.2) is 0 Å². The van der Waals surface area contributed by atoms with Gasteiger partial charge in [-0.25, -0.2) is 8.91 Å². The Labute approximate surface area is 194 Å². The number of pyridine rings is 2. The van der Waals surface area contributed by atoms with Crippen molar-refractivity contribution in [1.82, 2.24) is 25.2 Å². The fourth-order valence-electron chi connectivity index (χ4n) is 4.91. The maximum atomic E-state index is 13.6. The lowest BCUT2D eigenvalue weighted by molar-refractivity contribution is 0.278. The summed E-state index contributed by atoms with van der Waals surface area (Å²) in [6, 6.07) is 15.5. The van der Waals surface area contributed by atoms with Crippen molar-refractivity contribution in [3.63, 3.8) is 0 Å². The number of benzene rings is 1. The van der Waals surface area contributed by atoms with Gasteiger partial charge in [0.2, 0.25) is 0 Å². The Hall–Kier alpha value is -3.09. The number of nitrogens with one attached hydrogen (secondary N) is 2. The van der Waals surface area contributed by atoms with Gasteiger partial charge in [-0.15, -0.1) is 0 Å². The lowest BCUT2D eigenvalue weighted by Crippen LogP contribution is -2.41. The van der Waals surface area contributed by atoms with Crippen LogP contribution >= 0.6 is 0 Å². The molecule has 6 heteroatoms. The van der Waals surface area contributed by atoms with Crippen LogP contribution in [-0.4, -0.2) is 33.7 Å². The van der Waals surface area contributed by atoms with Crippen LogP contribution in [0, 0.1) is 11.7 Å². The SMILES string of the molecule is C[C@H](N[C@H](C)c1ccc2c(-c3ccncc3)c(-c3ccc(F)cc3)nn2c1)C1CCNCC1. The molecule has 2 atom stereocenters. The summed E-state index contributed by atoms with van der Waals surface area (Å²) in [5, 5.41) is 12.2. The van der Waals surface area contributed by atoms with Crippen LogP contribution in [0.3, 0.4) is 0 Å². The van der Waals surface area contributed by atoms with Gasteiger partial charge >= 0.3 is 0 Å². The van der Waals surface area contributed by atoms with E-state index in [-0.39, 0.29) is 11.9 Å². The van der Waals surface area contributed by atoms with Crippen molar-refractivity contribution >= 4 is 5.52 Å². The third-order valence-electron chi connectivity index (χ3n) is 6.84. The van der Waals surface area contributed by atoms with Crippen molar-refractivity contribution in [1.29, 1.82) is 0 Å². The number of halogens is 1. The van der Waals surface area contributed by atoms with Gasteiger partial charge in [0.05, 0.1) is 5.52 Å². The van der Waals surface area contributed by atoms with Gasteiger partial charge in [0, 0.05) is 41.8 Å². The molecule has 5 nitrogen and oxygen atoms in total. The van der Waals surface area contributed by atoms with E-state index in [4.69, 9.17) is 5.10 Å². The maximum Gasteiger partial charge on any atom is 0.123 e. The van der Waals surface area contributed by atoms with Crippen LogP contribution in [0.5, 0.6) is 0 Å². The first kappa shape index (κ1) is 21.7. The number of piperidine rings is 1. The summed E-state index contributed by atoms with van der Waals surface area (Å²) in [5.74, 6) is 0.448. The van der Waals surface area contributed by atoms with E-state index in [9.17, 15) is 4.39 Å². The molecule has 1 aliphatic heterocycles. The fraction of sp³-hybridized carbons (Fsp3) is 0.333. The van der Waals surface area contributed by atoms with E-state index in [1.54, 1.807) is 24.5 Å². The van der Waals surface area contributed by atoms with Gasteiger partial charge in [0.1, 0.15) is 11.5 Å². The fourth-order valence-corrected chi connectivity index (χ4v) is 4.91. The van der Waals surface area contributed by atoms with Crippen molar-refractivity contribution < 1.29 is 4.39 Å². The van der Waals surface area contributed by atoms with E-state index in [1.165, 1.54) is 30.5 Å². The molecule has 33 heavy (non-hydrogen) atoms. The Balaban J connectivity index is 1.51. The highest BCUT2D eigenvalue weighted by Crippen LogP contribution is 2.35. The molecule has 1 saturated heterocycles. The van der Waals surface area contributed by atoms with Crippen molar-refractivity contribution in [3.8, 4) is 22.4 Å². The summed E-state index contributed by atoms with van der Waals surface area (Å²) in [4.78, 5) is 4.16. The molecule has 0 saturated carbocycles. The third kappa shape index (κ3) is 4.54. The largest absolute Gasteiger partial charge is 0.317 e. The molecule has 0 spiro atoms. The summed E-state index contributed by atoms with van der Waals surface area (Å²) >= 11 is 0. The monoisotopic (exact) mass is 443 g/mol. The number of fused-ring (bicyclic) bond motifs is 1. The first-order valence-electron chi connectivity index (χ1n) is 11.8. The lowest BCUT2D eigenvalue weighted by Gasteiger charge is -2.31. The Bertz CT molecular complexity index is 1210. The zero-order valence-corrected chi connectivity index (χ0v) is 19.1. The highest BCUT2D eigenvalue weighted by atomic mass is 19.1. The van der Waals surface area contributed by atoms with E-state index in [1.807, 2.05) is 16.6 Å². The Kier molecular flexibility index (Phi) is 6.20. The first-order valence-corrected chi connectivity index (χ1v) is 11.8. The summed E-state index contributed by atoms with van der Waals surface area (Å²) in [7, 11) is 0. The van der Waals surface area contributed by atoms with Gasteiger partial charge in [-0.3, -0.25) is 4.98 Å². The molecule has 2 N–H and O–H groups in total. The van der Waals surface area contributed by atoms with Crippen molar-refractivity contribution in [2.75, 3.05) is 13.1 Å². The topological polar surface area (TPSA) is 54.2 Å². The van der Waals surface area contributed by atoms with E-state index in [0.717, 1.165) is 41.0 Å². The average Bonchev–Trinajstić information content (AvgIpc) is 3.24. The molecule has 0 bridgehead atoms. The van der Waals surface area contributed by atoms with E-state index in [2.05, 4.69) is 47.8 Å². The summed E-state index contributed by atoms with van der Waals surface area (Å²) in [6.07, 6.45) is 8.12. The molecule has 170 valence electrons. The van der Waals surface area contributed by atoms with Crippen molar-refractivity contribution in [2.24, 2.45) is 5.92 Å². The molecular formula is C27H30FN5. The van der Waals surface area contributed by atoms with Crippen molar-refractivity contribution in [2.45, 2.75) is 38.8 Å². The predicted molar refractivity (Wildman–Crippen MR) is 130 cm³/mol. The molecule has 1 fully saturated rings. The normalized spacial score (nSPS) is 16.7.